The van der Waals surface area contributed by atoms with Crippen molar-refractivity contribution < 1.29 is 9.53 Å². The summed E-state index contributed by atoms with van der Waals surface area (Å²) in [6.45, 7) is 2.01. The number of primary amides is 1. The Hall–Kier alpha value is -2.82. The van der Waals surface area contributed by atoms with Gasteiger partial charge in [0.05, 0.1) is 6.21 Å². The van der Waals surface area contributed by atoms with E-state index >= 15 is 0 Å². The van der Waals surface area contributed by atoms with E-state index in [1.807, 2.05) is 55.5 Å². The number of nitrogens with two attached hydrogens (primary N) is 1. The van der Waals surface area contributed by atoms with Crippen molar-refractivity contribution in [3.8, 4) is 11.5 Å². The quantitative estimate of drug-likeness (QED) is 0.661. The van der Waals surface area contributed by atoms with Gasteiger partial charge in [-0.15, -0.1) is 0 Å². The molecule has 2 rings (SSSR count). The van der Waals surface area contributed by atoms with Crippen LogP contribution in [-0.2, 0) is 0 Å². The summed E-state index contributed by atoms with van der Waals surface area (Å²) < 4.78 is 5.72. The van der Waals surface area contributed by atoms with Crippen LogP contribution in [0.3, 0.4) is 0 Å². The van der Waals surface area contributed by atoms with Crippen LogP contribution in [-0.4, -0.2) is 12.2 Å². The number of carbonyl (C=O) groups is 1. The first-order valence-electron chi connectivity index (χ1n) is 6.06. The van der Waals surface area contributed by atoms with E-state index in [9.17, 15) is 4.79 Å². The minimum Gasteiger partial charge on any atom is -0.457 e. The van der Waals surface area contributed by atoms with Crippen LogP contribution in [0.15, 0.2) is 53.6 Å². The average Bonchev–Trinajstić information content (AvgIpc) is 2.40. The van der Waals surface area contributed by atoms with Crippen LogP contribution >= 0.6 is 0 Å². The fraction of sp³-hybridized carbons (Fsp3) is 0.0667. The van der Waals surface area contributed by atoms with Crippen molar-refractivity contribution in [1.82, 2.24) is 5.43 Å². The van der Waals surface area contributed by atoms with E-state index in [0.29, 0.717) is 0 Å². The number of urea groups is 1. The average molecular weight is 269 g/mol. The summed E-state index contributed by atoms with van der Waals surface area (Å²) in [5.74, 6) is 1.53. The van der Waals surface area contributed by atoms with Gasteiger partial charge in [0.2, 0.25) is 0 Å². The minimum atomic E-state index is -0.694. The summed E-state index contributed by atoms with van der Waals surface area (Å²) in [5.41, 5.74) is 9.00. The van der Waals surface area contributed by atoms with E-state index in [4.69, 9.17) is 10.5 Å². The van der Waals surface area contributed by atoms with E-state index in [2.05, 4.69) is 10.5 Å². The lowest BCUT2D eigenvalue weighted by atomic mass is 10.2. The second-order valence-corrected chi connectivity index (χ2v) is 4.22. The van der Waals surface area contributed by atoms with Crippen molar-refractivity contribution in [1.29, 1.82) is 0 Å². The number of aryl methyl sites for hydroxylation is 1. The highest BCUT2D eigenvalue weighted by Crippen LogP contribution is 2.22. The number of amides is 2. The number of hydrazone groups is 1. The van der Waals surface area contributed by atoms with E-state index in [0.717, 1.165) is 22.6 Å². The molecular formula is C15H15N3O2. The maximum Gasteiger partial charge on any atom is 0.332 e. The maximum atomic E-state index is 10.5. The van der Waals surface area contributed by atoms with Gasteiger partial charge in [0.25, 0.3) is 0 Å². The molecule has 5 heteroatoms. The first kappa shape index (κ1) is 13.6. The molecule has 0 aromatic heterocycles. The van der Waals surface area contributed by atoms with Gasteiger partial charge in [-0.3, -0.25) is 0 Å². The molecule has 2 aromatic carbocycles. The molecule has 5 nitrogen and oxygen atoms in total. The third-order valence-electron chi connectivity index (χ3n) is 2.49. The standard InChI is InChI=1S/C15H15N3O2/c1-11-3-2-4-14(9-11)20-13-7-5-12(6-8-13)10-17-18-15(16)19/h2-10H,1H3,(H3,16,18,19)/b17-10+. The number of hydrogen-bond acceptors (Lipinski definition) is 3. The van der Waals surface area contributed by atoms with Crippen molar-refractivity contribution in [3.05, 3.63) is 59.7 Å². The Morgan fingerprint density at radius 1 is 1.20 bits per heavy atom. The fourth-order valence-electron chi connectivity index (χ4n) is 1.61. The summed E-state index contributed by atoms with van der Waals surface area (Å²) >= 11 is 0. The molecule has 0 spiro atoms. The van der Waals surface area contributed by atoms with Gasteiger partial charge in [-0.25, -0.2) is 10.2 Å². The fourth-order valence-corrected chi connectivity index (χ4v) is 1.61. The van der Waals surface area contributed by atoms with Gasteiger partial charge < -0.3 is 10.5 Å². The molecule has 0 aliphatic heterocycles. The van der Waals surface area contributed by atoms with Crippen LogP contribution < -0.4 is 15.9 Å². The molecule has 0 radical (unpaired) electrons. The van der Waals surface area contributed by atoms with Crippen molar-refractivity contribution in [2.45, 2.75) is 6.92 Å². The smallest absolute Gasteiger partial charge is 0.332 e. The summed E-state index contributed by atoms with van der Waals surface area (Å²) in [4.78, 5) is 10.5. The number of nitrogens with one attached hydrogen (secondary N) is 1. The van der Waals surface area contributed by atoms with Gasteiger partial charge in [0, 0.05) is 0 Å². The van der Waals surface area contributed by atoms with Crippen LogP contribution in [0.4, 0.5) is 4.79 Å². The Labute approximate surface area is 117 Å². The summed E-state index contributed by atoms with van der Waals surface area (Å²) in [6, 6.07) is 14.4. The lowest BCUT2D eigenvalue weighted by Crippen LogP contribution is -2.24. The Morgan fingerprint density at radius 2 is 1.95 bits per heavy atom. The number of nitrogens with zero attached hydrogens (tertiary/aromatic N) is 1. The molecule has 102 valence electrons. The second-order valence-electron chi connectivity index (χ2n) is 4.22. The van der Waals surface area contributed by atoms with Crippen molar-refractivity contribution in [2.75, 3.05) is 0 Å². The Balaban J connectivity index is 2.01. The third kappa shape index (κ3) is 4.13. The molecule has 0 aliphatic rings. The van der Waals surface area contributed by atoms with Crippen LogP contribution in [0.2, 0.25) is 0 Å². The first-order valence-corrected chi connectivity index (χ1v) is 6.06. The van der Waals surface area contributed by atoms with Crippen LogP contribution in [0.5, 0.6) is 11.5 Å². The predicted octanol–water partition coefficient (Wildman–Crippen LogP) is 2.79. The van der Waals surface area contributed by atoms with Crippen LogP contribution in [0.1, 0.15) is 11.1 Å². The van der Waals surface area contributed by atoms with E-state index in [-0.39, 0.29) is 0 Å². The number of benzene rings is 2. The van der Waals surface area contributed by atoms with E-state index < -0.39 is 6.03 Å². The lowest BCUT2D eigenvalue weighted by Gasteiger charge is -2.06. The molecule has 0 saturated carbocycles. The molecule has 0 fully saturated rings. The zero-order valence-electron chi connectivity index (χ0n) is 11.0. The maximum absolute atomic E-state index is 10.5. The SMILES string of the molecule is Cc1cccc(Oc2ccc(/C=N/NC(N)=O)cc2)c1. The van der Waals surface area contributed by atoms with Gasteiger partial charge in [0.1, 0.15) is 11.5 Å². The topological polar surface area (TPSA) is 76.7 Å². The Kier molecular flexibility index (Phi) is 4.34. The van der Waals surface area contributed by atoms with Crippen molar-refractivity contribution in [2.24, 2.45) is 10.8 Å². The zero-order chi connectivity index (χ0) is 14.4. The van der Waals surface area contributed by atoms with Gasteiger partial charge in [-0.05, 0) is 54.4 Å². The zero-order valence-corrected chi connectivity index (χ0v) is 11.0. The highest BCUT2D eigenvalue weighted by molar-refractivity contribution is 5.81. The summed E-state index contributed by atoms with van der Waals surface area (Å²) in [6.07, 6.45) is 1.50. The molecule has 0 bridgehead atoms. The summed E-state index contributed by atoms with van der Waals surface area (Å²) in [5, 5.41) is 3.68. The number of hydrogen-bond donors (Lipinski definition) is 2. The molecular weight excluding hydrogens is 254 g/mol. The first-order chi connectivity index (χ1) is 9.63. The monoisotopic (exact) mass is 269 g/mol. The molecule has 0 aliphatic carbocycles. The number of rotatable bonds is 4. The molecule has 2 amide bonds. The normalized spacial score (nSPS) is 10.4. The molecule has 3 N–H and O–H groups in total. The van der Waals surface area contributed by atoms with Gasteiger partial charge in [-0.2, -0.15) is 5.10 Å². The molecule has 2 aromatic rings. The van der Waals surface area contributed by atoms with Crippen LogP contribution in [0.25, 0.3) is 0 Å². The summed E-state index contributed by atoms with van der Waals surface area (Å²) in [7, 11) is 0. The van der Waals surface area contributed by atoms with Crippen LogP contribution in [0, 0.1) is 6.92 Å². The highest BCUT2D eigenvalue weighted by Gasteiger charge is 1.97. The largest absolute Gasteiger partial charge is 0.457 e. The molecule has 20 heavy (non-hydrogen) atoms. The van der Waals surface area contributed by atoms with Gasteiger partial charge in [-0.1, -0.05) is 12.1 Å². The van der Waals surface area contributed by atoms with Crippen molar-refractivity contribution >= 4 is 12.2 Å². The van der Waals surface area contributed by atoms with Crippen molar-refractivity contribution in [3.63, 3.8) is 0 Å². The highest BCUT2D eigenvalue weighted by atomic mass is 16.5. The predicted molar refractivity (Wildman–Crippen MR) is 78.0 cm³/mol. The second kappa shape index (κ2) is 6.38. The van der Waals surface area contributed by atoms with Gasteiger partial charge >= 0.3 is 6.03 Å². The van der Waals surface area contributed by atoms with E-state index in [1.165, 1.54) is 6.21 Å². The third-order valence-corrected chi connectivity index (χ3v) is 2.49. The molecule has 0 unspecified atom stereocenters. The number of ether oxygens (including phenoxy) is 1. The number of carbonyl (C=O) groups excluding carboxylic acids is 1. The Bertz CT molecular complexity index is 621. The molecule has 0 saturated heterocycles. The van der Waals surface area contributed by atoms with Gasteiger partial charge in [0.15, 0.2) is 0 Å². The lowest BCUT2D eigenvalue weighted by molar-refractivity contribution is 0.249. The minimum absolute atomic E-state index is 0.694. The Morgan fingerprint density at radius 3 is 2.60 bits per heavy atom. The molecule has 0 heterocycles. The van der Waals surface area contributed by atoms with E-state index in [1.54, 1.807) is 0 Å². The molecule has 0 atom stereocenters.